The summed E-state index contributed by atoms with van der Waals surface area (Å²) in [7, 11) is -3.83. The van der Waals surface area contributed by atoms with E-state index in [0.717, 1.165) is 18.4 Å². The molecule has 1 unspecified atom stereocenters. The molecule has 1 amide bonds. The van der Waals surface area contributed by atoms with Crippen LogP contribution in [0, 0.1) is 5.82 Å². The van der Waals surface area contributed by atoms with Gasteiger partial charge in [-0.2, -0.15) is 0 Å². The van der Waals surface area contributed by atoms with Crippen molar-refractivity contribution in [2.24, 2.45) is 0 Å². The summed E-state index contributed by atoms with van der Waals surface area (Å²) in [4.78, 5) is 15.2. The zero-order chi connectivity index (χ0) is 23.4. The molecule has 1 aliphatic rings. The quantitative estimate of drug-likeness (QED) is 0.498. The highest BCUT2D eigenvalue weighted by atomic mass is 32.2. The highest BCUT2D eigenvalue weighted by molar-refractivity contribution is 7.92. The summed E-state index contributed by atoms with van der Waals surface area (Å²) < 4.78 is 41.7. The summed E-state index contributed by atoms with van der Waals surface area (Å²) in [5.41, 5.74) is 1.76. The van der Waals surface area contributed by atoms with Crippen LogP contribution >= 0.6 is 0 Å². The predicted octanol–water partition coefficient (Wildman–Crippen LogP) is 4.89. The van der Waals surface area contributed by atoms with Gasteiger partial charge >= 0.3 is 0 Å². The summed E-state index contributed by atoms with van der Waals surface area (Å²) in [5.74, 6) is -0.492. The fraction of sp³-hybridized carbons (Fsp3) is 0.269. The lowest BCUT2D eigenvalue weighted by Gasteiger charge is -2.26. The molecule has 5 nitrogen and oxygen atoms in total. The van der Waals surface area contributed by atoms with Gasteiger partial charge in [0, 0.05) is 24.7 Å². The molecule has 1 aliphatic heterocycles. The van der Waals surface area contributed by atoms with Crippen LogP contribution in [0.15, 0.2) is 83.8 Å². The fourth-order valence-electron chi connectivity index (χ4n) is 4.42. The summed E-state index contributed by atoms with van der Waals surface area (Å²) in [6.07, 6.45) is 2.26. The van der Waals surface area contributed by atoms with Gasteiger partial charge in [0.1, 0.15) is 5.82 Å². The molecule has 0 aliphatic carbocycles. The number of nitrogens with zero attached hydrogens (tertiary/aromatic N) is 2. The van der Waals surface area contributed by atoms with Crippen molar-refractivity contribution in [2.45, 2.75) is 37.1 Å². The van der Waals surface area contributed by atoms with Crippen LogP contribution in [0.25, 0.3) is 0 Å². The van der Waals surface area contributed by atoms with Crippen molar-refractivity contribution < 1.29 is 17.6 Å². The first-order valence-corrected chi connectivity index (χ1v) is 12.6. The van der Waals surface area contributed by atoms with Crippen LogP contribution in [0.5, 0.6) is 0 Å². The molecule has 7 heteroatoms. The zero-order valence-corrected chi connectivity index (χ0v) is 19.3. The lowest BCUT2D eigenvalue weighted by Crippen LogP contribution is -2.37. The number of hydrogen-bond acceptors (Lipinski definition) is 3. The number of likely N-dealkylation sites (tertiary alicyclic amines) is 1. The molecule has 1 saturated heterocycles. The Labute approximate surface area is 194 Å². The van der Waals surface area contributed by atoms with Crippen molar-refractivity contribution in [1.82, 2.24) is 4.90 Å². The molecule has 1 heterocycles. The average Bonchev–Trinajstić information content (AvgIpc) is 3.28. The largest absolute Gasteiger partial charge is 0.335 e. The predicted molar refractivity (Wildman–Crippen MR) is 127 cm³/mol. The molecule has 0 spiro atoms. The van der Waals surface area contributed by atoms with E-state index in [2.05, 4.69) is 0 Å². The van der Waals surface area contributed by atoms with Crippen molar-refractivity contribution in [3.05, 3.63) is 95.8 Å². The first-order chi connectivity index (χ1) is 15.9. The van der Waals surface area contributed by atoms with Crippen molar-refractivity contribution in [2.75, 3.05) is 17.4 Å². The van der Waals surface area contributed by atoms with E-state index in [1.807, 2.05) is 12.1 Å². The summed E-state index contributed by atoms with van der Waals surface area (Å²) in [6.45, 7) is 2.65. The fourth-order valence-corrected chi connectivity index (χ4v) is 5.94. The number of halogens is 1. The van der Waals surface area contributed by atoms with E-state index in [9.17, 15) is 17.6 Å². The number of benzene rings is 3. The third kappa shape index (κ3) is 4.93. The number of carbonyl (C=O) groups is 1. The molecule has 4 rings (SSSR count). The second-order valence-corrected chi connectivity index (χ2v) is 10.0. The van der Waals surface area contributed by atoms with Gasteiger partial charge in [-0.25, -0.2) is 12.8 Å². The molecular formula is C26H27FN2O3S. The lowest BCUT2D eigenvalue weighted by molar-refractivity contribution is 0.0736. The smallest absolute Gasteiger partial charge is 0.264 e. The van der Waals surface area contributed by atoms with E-state index in [1.165, 1.54) is 28.6 Å². The van der Waals surface area contributed by atoms with Gasteiger partial charge < -0.3 is 4.90 Å². The number of anilines is 1. The van der Waals surface area contributed by atoms with E-state index in [1.54, 1.807) is 54.3 Å². The number of sulfonamides is 1. The van der Waals surface area contributed by atoms with Gasteiger partial charge in [0.05, 0.1) is 10.6 Å². The highest BCUT2D eigenvalue weighted by Gasteiger charge is 2.31. The molecule has 3 aromatic rings. The van der Waals surface area contributed by atoms with Crippen molar-refractivity contribution in [1.29, 1.82) is 0 Å². The Bertz CT molecular complexity index is 1230. The minimum atomic E-state index is -3.83. The number of hydrogen-bond donors (Lipinski definition) is 0. The van der Waals surface area contributed by atoms with Crippen molar-refractivity contribution in [3.8, 4) is 0 Å². The maximum absolute atomic E-state index is 13.6. The van der Waals surface area contributed by atoms with Crippen LogP contribution in [0.4, 0.5) is 10.1 Å². The molecular weight excluding hydrogens is 439 g/mol. The number of carbonyl (C=O) groups excluding carboxylic acids is 1. The number of amides is 1. The molecule has 1 fully saturated rings. The maximum Gasteiger partial charge on any atom is 0.264 e. The minimum absolute atomic E-state index is 0.0453. The first-order valence-electron chi connectivity index (χ1n) is 11.1. The Hall–Kier alpha value is -3.19. The molecule has 0 radical (unpaired) electrons. The van der Waals surface area contributed by atoms with Crippen LogP contribution in [-0.2, 0) is 16.4 Å². The first kappa shape index (κ1) is 23.0. The van der Waals surface area contributed by atoms with Crippen LogP contribution < -0.4 is 4.31 Å². The van der Waals surface area contributed by atoms with E-state index in [4.69, 9.17) is 0 Å². The van der Waals surface area contributed by atoms with Gasteiger partial charge in [-0.15, -0.1) is 0 Å². The van der Waals surface area contributed by atoms with E-state index >= 15 is 0 Å². The average molecular weight is 467 g/mol. The van der Waals surface area contributed by atoms with Gasteiger partial charge in [-0.3, -0.25) is 9.10 Å². The molecule has 33 heavy (non-hydrogen) atoms. The van der Waals surface area contributed by atoms with Crippen LogP contribution in [0.3, 0.4) is 0 Å². The van der Waals surface area contributed by atoms with Crippen molar-refractivity contribution in [3.63, 3.8) is 0 Å². The van der Waals surface area contributed by atoms with Gasteiger partial charge in [0.15, 0.2) is 0 Å². The monoisotopic (exact) mass is 466 g/mol. The number of rotatable bonds is 7. The van der Waals surface area contributed by atoms with Crippen LogP contribution in [-0.4, -0.2) is 38.4 Å². The van der Waals surface area contributed by atoms with Gasteiger partial charge in [-0.1, -0.05) is 36.4 Å². The minimum Gasteiger partial charge on any atom is -0.335 e. The Morgan fingerprint density at radius 3 is 2.52 bits per heavy atom. The van der Waals surface area contributed by atoms with Gasteiger partial charge in [0.2, 0.25) is 0 Å². The maximum atomic E-state index is 13.6. The second kappa shape index (κ2) is 9.75. The number of para-hydroxylation sites is 1. The molecule has 3 aromatic carbocycles. The Balaban J connectivity index is 1.58. The molecule has 172 valence electrons. The molecule has 0 aromatic heterocycles. The normalized spacial score (nSPS) is 16.1. The third-order valence-electron chi connectivity index (χ3n) is 6.00. The zero-order valence-electron chi connectivity index (χ0n) is 18.5. The third-order valence-corrected chi connectivity index (χ3v) is 7.90. The standard InChI is InChI=1S/C26H27FN2O3S/c1-2-29(23-12-4-3-5-13-23)33(31,32)25-15-7-10-21(19-25)26(30)28-16-8-14-24(28)18-20-9-6-11-22(27)17-20/h3-7,9-13,15,17,19,24H,2,8,14,16,18H2,1H3. The molecule has 0 N–H and O–H groups in total. The lowest BCUT2D eigenvalue weighted by atomic mass is 10.0. The van der Waals surface area contributed by atoms with Crippen molar-refractivity contribution >= 4 is 21.6 Å². The Morgan fingerprint density at radius 1 is 1.03 bits per heavy atom. The van der Waals surface area contributed by atoms with E-state index in [-0.39, 0.29) is 29.2 Å². The molecule has 0 bridgehead atoms. The van der Waals surface area contributed by atoms with Gasteiger partial charge in [0.25, 0.3) is 15.9 Å². The highest BCUT2D eigenvalue weighted by Crippen LogP contribution is 2.27. The SMILES string of the molecule is CCN(c1ccccc1)S(=O)(=O)c1cccc(C(=O)N2CCCC2Cc2cccc(F)c2)c1. The Morgan fingerprint density at radius 2 is 1.79 bits per heavy atom. The summed E-state index contributed by atoms with van der Waals surface area (Å²) in [5, 5.41) is 0. The van der Waals surface area contributed by atoms with Crippen LogP contribution in [0.2, 0.25) is 0 Å². The second-order valence-electron chi connectivity index (χ2n) is 8.16. The molecule has 1 atom stereocenters. The molecule has 0 saturated carbocycles. The summed E-state index contributed by atoms with van der Waals surface area (Å²) in [6, 6.07) is 21.5. The van der Waals surface area contributed by atoms with Crippen LogP contribution in [0.1, 0.15) is 35.7 Å². The topological polar surface area (TPSA) is 57.7 Å². The Kier molecular flexibility index (Phi) is 6.79. The van der Waals surface area contributed by atoms with E-state index in [0.29, 0.717) is 24.2 Å². The summed E-state index contributed by atoms with van der Waals surface area (Å²) >= 11 is 0. The van der Waals surface area contributed by atoms with Gasteiger partial charge in [-0.05, 0) is 74.2 Å². The van der Waals surface area contributed by atoms with E-state index < -0.39 is 10.0 Å².